The zero-order chi connectivity index (χ0) is 57.5. The highest BCUT2D eigenvalue weighted by molar-refractivity contribution is 5.80. The SMILES string of the molecule is CC/C=C\C/C=C\C/C=C\C/C=C\C/C=C\CCCCCC(=O)OC1C(OCC(NC(=O)C(O)CCCCCCCCCC/C=C/CCCCCCCC)C(O)/C=C/CCCCCCCCCCCCC)OC(CO)C(O)C1O. The molecule has 0 saturated carbocycles. The molecular formula is C68H119NO10. The Morgan fingerprint density at radius 1 is 0.506 bits per heavy atom. The number of rotatable bonds is 54. The van der Waals surface area contributed by atoms with Crippen LogP contribution in [-0.4, -0.2) is 99.6 Å². The summed E-state index contributed by atoms with van der Waals surface area (Å²) in [4.78, 5) is 26.6. The first-order valence-electron chi connectivity index (χ1n) is 32.4. The van der Waals surface area contributed by atoms with Crippen molar-refractivity contribution in [1.29, 1.82) is 0 Å². The summed E-state index contributed by atoms with van der Waals surface area (Å²) in [6.07, 6.45) is 61.8. The van der Waals surface area contributed by atoms with Crippen LogP contribution in [0.2, 0.25) is 0 Å². The van der Waals surface area contributed by atoms with E-state index in [1.807, 2.05) is 6.08 Å². The van der Waals surface area contributed by atoms with Crippen LogP contribution in [-0.2, 0) is 23.8 Å². The second kappa shape index (κ2) is 55.4. The van der Waals surface area contributed by atoms with Crippen LogP contribution >= 0.6 is 0 Å². The monoisotopic (exact) mass is 1110 g/mol. The molecule has 11 heteroatoms. The molecule has 0 radical (unpaired) electrons. The zero-order valence-electron chi connectivity index (χ0n) is 50.5. The highest BCUT2D eigenvalue weighted by atomic mass is 16.7. The second-order valence-electron chi connectivity index (χ2n) is 22.1. The van der Waals surface area contributed by atoms with E-state index in [1.54, 1.807) is 6.08 Å². The van der Waals surface area contributed by atoms with Crippen molar-refractivity contribution in [3.63, 3.8) is 0 Å². The molecule has 1 heterocycles. The molecule has 8 atom stereocenters. The summed E-state index contributed by atoms with van der Waals surface area (Å²) in [7, 11) is 0. The number of ether oxygens (including phenoxy) is 3. The van der Waals surface area contributed by atoms with Crippen molar-refractivity contribution in [2.75, 3.05) is 13.2 Å². The largest absolute Gasteiger partial charge is 0.454 e. The fourth-order valence-electron chi connectivity index (χ4n) is 9.67. The lowest BCUT2D eigenvalue weighted by molar-refractivity contribution is -0.305. The molecule has 1 rings (SSSR count). The maximum atomic E-state index is 13.4. The van der Waals surface area contributed by atoms with Crippen LogP contribution in [0, 0.1) is 0 Å². The number of nitrogens with one attached hydrogen (secondary N) is 1. The van der Waals surface area contributed by atoms with Gasteiger partial charge in [-0.3, -0.25) is 9.59 Å². The van der Waals surface area contributed by atoms with Crippen LogP contribution in [0.25, 0.3) is 0 Å². The average molecular weight is 1110 g/mol. The zero-order valence-corrected chi connectivity index (χ0v) is 50.5. The predicted molar refractivity (Wildman–Crippen MR) is 329 cm³/mol. The predicted octanol–water partition coefficient (Wildman–Crippen LogP) is 15.7. The number of aliphatic hydroxyl groups excluding tert-OH is 5. The van der Waals surface area contributed by atoms with Crippen molar-refractivity contribution in [3.05, 3.63) is 85.1 Å². The summed E-state index contributed by atoms with van der Waals surface area (Å²) < 4.78 is 17.6. The molecule has 0 aliphatic carbocycles. The van der Waals surface area contributed by atoms with Crippen molar-refractivity contribution in [2.24, 2.45) is 0 Å². The molecule has 1 aliphatic rings. The van der Waals surface area contributed by atoms with Crippen LogP contribution in [0.4, 0.5) is 0 Å². The maximum absolute atomic E-state index is 13.4. The molecule has 0 spiro atoms. The molecule has 0 aromatic carbocycles. The van der Waals surface area contributed by atoms with Gasteiger partial charge in [-0.15, -0.1) is 0 Å². The van der Waals surface area contributed by atoms with Gasteiger partial charge in [0.1, 0.15) is 24.4 Å². The van der Waals surface area contributed by atoms with E-state index in [4.69, 9.17) is 14.2 Å². The number of allylic oxidation sites excluding steroid dienone is 13. The van der Waals surface area contributed by atoms with Gasteiger partial charge in [0.25, 0.3) is 0 Å². The Bertz CT molecular complexity index is 1610. The van der Waals surface area contributed by atoms with Gasteiger partial charge in [0, 0.05) is 6.42 Å². The number of hydrogen-bond acceptors (Lipinski definition) is 10. The van der Waals surface area contributed by atoms with Gasteiger partial charge in [-0.25, -0.2) is 0 Å². The Hall–Kier alpha value is -3.16. The molecule has 1 saturated heterocycles. The normalized spacial score (nSPS) is 19.4. The minimum atomic E-state index is -1.63. The first-order valence-corrected chi connectivity index (χ1v) is 32.4. The topological polar surface area (TPSA) is 175 Å². The standard InChI is InChI=1S/C68H119NO10/c1-4-7-10-13-16-19-22-25-27-29-31-33-35-38-41-44-47-50-53-56-63(73)79-66-65(75)64(74)62(57-70)78-68(66)77-58-59(60(71)54-51-48-45-42-39-36-24-21-18-15-12-9-6-3)69-67(76)61(72)55-52-49-46-43-40-37-34-32-30-28-26-23-20-17-14-11-8-5-2/h7,10,16,19,25-28,31,33,38,41,51,54,59-62,64-66,68,70-72,74-75H,4-6,8-9,11-15,17-18,20-24,29-30,32,34-37,39-40,42-50,52-53,55-58H2,1-3H3,(H,69,76)/b10-7-,19-16-,27-25-,28-26+,33-31-,41-38-,54-51+. The number of aliphatic hydroxyl groups is 5. The Labute approximate surface area is 483 Å². The van der Waals surface area contributed by atoms with E-state index in [2.05, 4.69) is 99.0 Å². The molecule has 456 valence electrons. The fourth-order valence-corrected chi connectivity index (χ4v) is 9.67. The van der Waals surface area contributed by atoms with Gasteiger partial charge in [-0.05, 0) is 96.3 Å². The second-order valence-corrected chi connectivity index (χ2v) is 22.1. The van der Waals surface area contributed by atoms with E-state index < -0.39 is 67.4 Å². The average Bonchev–Trinajstić information content (AvgIpc) is 3.49. The van der Waals surface area contributed by atoms with E-state index >= 15 is 0 Å². The Morgan fingerprint density at radius 2 is 0.911 bits per heavy atom. The quantitative estimate of drug-likeness (QED) is 0.0195. The molecule has 1 fully saturated rings. The number of amides is 1. The van der Waals surface area contributed by atoms with Gasteiger partial charge in [-0.2, -0.15) is 0 Å². The van der Waals surface area contributed by atoms with Crippen LogP contribution < -0.4 is 5.32 Å². The van der Waals surface area contributed by atoms with Crippen LogP contribution in [0.1, 0.15) is 271 Å². The van der Waals surface area contributed by atoms with Gasteiger partial charge in [0.15, 0.2) is 12.4 Å². The number of hydrogen-bond donors (Lipinski definition) is 6. The summed E-state index contributed by atoms with van der Waals surface area (Å²) >= 11 is 0. The van der Waals surface area contributed by atoms with E-state index in [9.17, 15) is 35.1 Å². The molecular weight excluding hydrogens is 991 g/mol. The summed E-state index contributed by atoms with van der Waals surface area (Å²) in [5.41, 5.74) is 0. The van der Waals surface area contributed by atoms with E-state index in [1.165, 1.54) is 128 Å². The number of carbonyl (C=O) groups is 2. The van der Waals surface area contributed by atoms with Gasteiger partial charge in [0.2, 0.25) is 5.91 Å². The summed E-state index contributed by atoms with van der Waals surface area (Å²) in [5.74, 6) is -1.23. The van der Waals surface area contributed by atoms with Crippen molar-refractivity contribution < 1.29 is 49.3 Å². The highest BCUT2D eigenvalue weighted by Gasteiger charge is 2.47. The lowest BCUT2D eigenvalue weighted by atomic mass is 9.99. The molecule has 11 nitrogen and oxygen atoms in total. The van der Waals surface area contributed by atoms with Gasteiger partial charge >= 0.3 is 5.97 Å². The van der Waals surface area contributed by atoms with Crippen molar-refractivity contribution in [1.82, 2.24) is 5.32 Å². The maximum Gasteiger partial charge on any atom is 0.306 e. The molecule has 0 aromatic rings. The number of unbranched alkanes of at least 4 members (excludes halogenated alkanes) is 28. The molecule has 79 heavy (non-hydrogen) atoms. The van der Waals surface area contributed by atoms with Crippen LogP contribution in [0.3, 0.4) is 0 Å². The molecule has 0 aromatic heterocycles. The van der Waals surface area contributed by atoms with Crippen molar-refractivity contribution in [3.8, 4) is 0 Å². The highest BCUT2D eigenvalue weighted by Crippen LogP contribution is 2.26. The number of carbonyl (C=O) groups excluding carboxylic acids is 2. The summed E-state index contributed by atoms with van der Waals surface area (Å²) in [6.45, 7) is 5.66. The third-order valence-electron chi connectivity index (χ3n) is 14.8. The molecule has 1 aliphatic heterocycles. The van der Waals surface area contributed by atoms with Crippen LogP contribution in [0.5, 0.6) is 0 Å². The third-order valence-corrected chi connectivity index (χ3v) is 14.8. The Balaban J connectivity index is 2.70. The van der Waals surface area contributed by atoms with Gasteiger partial charge in [-0.1, -0.05) is 254 Å². The fraction of sp³-hybridized carbons (Fsp3) is 0.765. The number of esters is 1. The van der Waals surface area contributed by atoms with Crippen molar-refractivity contribution >= 4 is 11.9 Å². The minimum absolute atomic E-state index is 0.0812. The Kier molecular flexibility index (Phi) is 51.8. The smallest absolute Gasteiger partial charge is 0.306 e. The summed E-state index contributed by atoms with van der Waals surface area (Å²) in [6, 6.07) is -1.04. The molecule has 6 N–H and O–H groups in total. The summed E-state index contributed by atoms with van der Waals surface area (Å²) in [5, 5.41) is 57.1. The Morgan fingerprint density at radius 3 is 1.38 bits per heavy atom. The first kappa shape index (κ1) is 73.9. The molecule has 0 bridgehead atoms. The first-order chi connectivity index (χ1) is 38.7. The molecule has 8 unspecified atom stereocenters. The van der Waals surface area contributed by atoms with E-state index in [-0.39, 0.29) is 19.4 Å². The van der Waals surface area contributed by atoms with E-state index in [0.29, 0.717) is 12.8 Å². The van der Waals surface area contributed by atoms with Crippen molar-refractivity contribution in [2.45, 2.75) is 320 Å². The van der Waals surface area contributed by atoms with Gasteiger partial charge in [0.05, 0.1) is 25.4 Å². The van der Waals surface area contributed by atoms with Gasteiger partial charge < -0.3 is 45.1 Å². The van der Waals surface area contributed by atoms with E-state index in [0.717, 1.165) is 96.3 Å². The minimum Gasteiger partial charge on any atom is -0.454 e. The lowest BCUT2D eigenvalue weighted by Gasteiger charge is -2.41. The lowest BCUT2D eigenvalue weighted by Crippen LogP contribution is -2.61. The molecule has 1 amide bonds. The van der Waals surface area contributed by atoms with Crippen LogP contribution in [0.15, 0.2) is 85.1 Å². The third kappa shape index (κ3) is 43.2.